The number of aromatic amines is 1. The van der Waals surface area contributed by atoms with Crippen molar-refractivity contribution >= 4 is 35.4 Å². The molecule has 0 saturated heterocycles. The largest absolute Gasteiger partial charge is 0.420 e. The summed E-state index contributed by atoms with van der Waals surface area (Å²) in [5, 5.41) is 7.73. The summed E-state index contributed by atoms with van der Waals surface area (Å²) >= 11 is 10.4. The second-order valence-corrected chi connectivity index (χ2v) is 8.09. The number of rotatable bonds is 3. The van der Waals surface area contributed by atoms with Gasteiger partial charge in [0.25, 0.3) is 0 Å². The van der Waals surface area contributed by atoms with Gasteiger partial charge in [0, 0.05) is 0 Å². The third kappa shape index (κ3) is 3.43. The minimum Gasteiger partial charge on any atom is -0.420 e. The summed E-state index contributed by atoms with van der Waals surface area (Å²) < 4.78 is 21.9. The molecule has 10 heteroatoms. The van der Waals surface area contributed by atoms with Crippen molar-refractivity contribution in [3.63, 3.8) is 0 Å². The number of anilines is 1. The zero-order valence-electron chi connectivity index (χ0n) is 16.8. The van der Waals surface area contributed by atoms with Gasteiger partial charge in [0.15, 0.2) is 5.11 Å². The van der Waals surface area contributed by atoms with E-state index in [4.69, 9.17) is 40.0 Å². The van der Waals surface area contributed by atoms with Crippen molar-refractivity contribution in [3.8, 4) is 17.4 Å². The van der Waals surface area contributed by atoms with Crippen LogP contribution in [0.5, 0.6) is 11.8 Å². The van der Waals surface area contributed by atoms with Crippen LogP contribution in [0.4, 0.5) is 10.2 Å². The van der Waals surface area contributed by atoms with Gasteiger partial charge < -0.3 is 20.8 Å². The molecular weight excluding hydrogens is 447 g/mol. The van der Waals surface area contributed by atoms with Crippen LogP contribution in [0.15, 0.2) is 54.6 Å². The summed E-state index contributed by atoms with van der Waals surface area (Å²) in [6.07, 6.45) is 0. The second kappa shape index (κ2) is 7.81. The maximum Gasteiger partial charge on any atom is 0.231 e. The van der Waals surface area contributed by atoms with Crippen molar-refractivity contribution in [1.82, 2.24) is 19.7 Å². The predicted molar refractivity (Wildman–Crippen MR) is 126 cm³/mol. The molecule has 0 amide bonds. The number of ether oxygens (including phenoxy) is 1. The van der Waals surface area contributed by atoms with E-state index >= 15 is 0 Å². The Morgan fingerprint density at radius 2 is 1.88 bits per heavy atom. The first-order valence-electron chi connectivity index (χ1n) is 9.71. The molecule has 0 fully saturated rings. The third-order valence-corrected chi connectivity index (χ3v) is 5.52. The van der Waals surface area contributed by atoms with E-state index in [1.165, 1.54) is 12.1 Å². The summed E-state index contributed by atoms with van der Waals surface area (Å²) in [5.41, 5.74) is 9.65. The van der Waals surface area contributed by atoms with E-state index in [1.54, 1.807) is 16.8 Å². The lowest BCUT2D eigenvalue weighted by Crippen LogP contribution is -2.24. The van der Waals surface area contributed by atoms with Gasteiger partial charge in [-0.2, -0.15) is 10.1 Å². The molecule has 32 heavy (non-hydrogen) atoms. The molecule has 2 aromatic carbocycles. The van der Waals surface area contributed by atoms with E-state index in [-0.39, 0.29) is 21.6 Å². The van der Waals surface area contributed by atoms with E-state index in [0.717, 1.165) is 22.5 Å². The highest BCUT2D eigenvalue weighted by Gasteiger charge is 2.38. The normalized spacial score (nSPS) is 14.2. The molecule has 0 bridgehead atoms. The first-order chi connectivity index (χ1) is 15.4. The number of nitrogens with zero attached hydrogens (tertiary/aromatic N) is 3. The standard InChI is InChI=1S/C22H17FN6OS2/c1-11-15-16(12-7-9-13(23)10-8-12)17-18(25-21(24)31)26-22(32)27-19(17)30-20(15)29(28-11)14-5-3-2-4-6-14/h2-10,16H,1H3,(H4,24,25,26,27,31,32). The molecule has 0 aliphatic carbocycles. The van der Waals surface area contributed by atoms with Crippen LogP contribution in [0, 0.1) is 17.5 Å². The summed E-state index contributed by atoms with van der Waals surface area (Å²) in [5.74, 6) is 0.573. The maximum absolute atomic E-state index is 13.7. The Morgan fingerprint density at radius 1 is 1.16 bits per heavy atom. The average molecular weight is 465 g/mol. The van der Waals surface area contributed by atoms with Gasteiger partial charge in [-0.1, -0.05) is 30.3 Å². The molecular formula is C22H17FN6OS2. The monoisotopic (exact) mass is 464 g/mol. The molecule has 4 aromatic rings. The van der Waals surface area contributed by atoms with Gasteiger partial charge in [-0.25, -0.2) is 9.07 Å². The lowest BCUT2D eigenvalue weighted by atomic mass is 9.84. The van der Waals surface area contributed by atoms with Crippen LogP contribution in [0.1, 0.15) is 28.3 Å². The van der Waals surface area contributed by atoms with Crippen LogP contribution < -0.4 is 15.8 Å². The Hall–Kier alpha value is -3.63. The molecule has 0 spiro atoms. The lowest BCUT2D eigenvalue weighted by molar-refractivity contribution is 0.402. The molecule has 3 heterocycles. The highest BCUT2D eigenvalue weighted by molar-refractivity contribution is 7.80. The number of hydrogen-bond acceptors (Lipinski definition) is 5. The fourth-order valence-electron chi connectivity index (χ4n) is 3.95. The molecule has 7 nitrogen and oxygen atoms in total. The maximum atomic E-state index is 13.7. The van der Waals surface area contributed by atoms with E-state index in [1.807, 2.05) is 37.3 Å². The molecule has 1 atom stereocenters. The quantitative estimate of drug-likeness (QED) is 0.333. The Kier molecular flexibility index (Phi) is 4.95. The van der Waals surface area contributed by atoms with Gasteiger partial charge in [-0.3, -0.25) is 0 Å². The van der Waals surface area contributed by atoms with E-state index in [2.05, 4.69) is 15.3 Å². The van der Waals surface area contributed by atoms with E-state index in [0.29, 0.717) is 23.1 Å². The van der Waals surface area contributed by atoms with Crippen molar-refractivity contribution in [2.24, 2.45) is 5.73 Å². The Bertz CT molecular complexity index is 1400. The third-order valence-electron chi connectivity index (χ3n) is 5.22. The van der Waals surface area contributed by atoms with Crippen LogP contribution in [0.25, 0.3) is 5.69 Å². The Labute approximate surface area is 193 Å². The number of para-hydroxylation sites is 1. The van der Waals surface area contributed by atoms with Crippen molar-refractivity contribution in [1.29, 1.82) is 0 Å². The zero-order chi connectivity index (χ0) is 22.4. The van der Waals surface area contributed by atoms with Crippen molar-refractivity contribution in [3.05, 3.63) is 87.6 Å². The first-order valence-corrected chi connectivity index (χ1v) is 10.5. The number of thiocarbonyl (C=S) groups is 1. The van der Waals surface area contributed by atoms with Crippen LogP contribution in [-0.4, -0.2) is 24.9 Å². The van der Waals surface area contributed by atoms with Crippen LogP contribution in [-0.2, 0) is 0 Å². The van der Waals surface area contributed by atoms with Crippen molar-refractivity contribution in [2.75, 3.05) is 5.32 Å². The van der Waals surface area contributed by atoms with Crippen LogP contribution >= 0.6 is 24.4 Å². The van der Waals surface area contributed by atoms with Gasteiger partial charge >= 0.3 is 0 Å². The first kappa shape index (κ1) is 20.3. The number of fused-ring (bicyclic) bond motifs is 2. The van der Waals surface area contributed by atoms with Crippen LogP contribution in [0.3, 0.4) is 0 Å². The second-order valence-electron chi connectivity index (χ2n) is 7.26. The number of nitrogens with one attached hydrogen (secondary N) is 2. The summed E-state index contributed by atoms with van der Waals surface area (Å²) in [7, 11) is 0. The Morgan fingerprint density at radius 3 is 2.56 bits per heavy atom. The van der Waals surface area contributed by atoms with Crippen LogP contribution in [0.2, 0.25) is 0 Å². The highest BCUT2D eigenvalue weighted by atomic mass is 32.1. The van der Waals surface area contributed by atoms with Crippen molar-refractivity contribution in [2.45, 2.75) is 12.8 Å². The number of aryl methyl sites for hydroxylation is 1. The predicted octanol–water partition coefficient (Wildman–Crippen LogP) is 4.71. The molecule has 4 N–H and O–H groups in total. The smallest absolute Gasteiger partial charge is 0.231 e. The summed E-state index contributed by atoms with van der Waals surface area (Å²) in [4.78, 5) is 7.43. The molecule has 5 rings (SSSR count). The van der Waals surface area contributed by atoms with Crippen molar-refractivity contribution < 1.29 is 9.13 Å². The number of halogens is 1. The fourth-order valence-corrected chi connectivity index (χ4v) is 4.23. The number of H-pyrrole nitrogens is 1. The Balaban J connectivity index is 1.81. The SMILES string of the molecule is Cc1nn(-c2ccccc2)c2c1C(c1ccc(F)cc1)c1c(nc(=S)[nH]c1NC(N)=S)O2. The zero-order valence-corrected chi connectivity index (χ0v) is 18.4. The molecule has 160 valence electrons. The average Bonchev–Trinajstić information content (AvgIpc) is 3.09. The van der Waals surface area contributed by atoms with Gasteiger partial charge in [0.2, 0.25) is 16.5 Å². The summed E-state index contributed by atoms with van der Waals surface area (Å²) in [6.45, 7) is 1.91. The minimum absolute atomic E-state index is 0.0596. The number of benzene rings is 2. The minimum atomic E-state index is -0.386. The fraction of sp³-hybridized carbons (Fsp3) is 0.0909. The molecule has 0 radical (unpaired) electrons. The number of aromatic nitrogens is 4. The molecule has 2 aromatic heterocycles. The number of nitrogens with two attached hydrogens (primary N) is 1. The van der Waals surface area contributed by atoms with Gasteiger partial charge in [-0.05, 0) is 61.2 Å². The lowest BCUT2D eigenvalue weighted by Gasteiger charge is -2.28. The highest BCUT2D eigenvalue weighted by Crippen LogP contribution is 2.50. The summed E-state index contributed by atoms with van der Waals surface area (Å²) in [6, 6.07) is 15.9. The topological polar surface area (TPSA) is 93.8 Å². The number of hydrogen-bond donors (Lipinski definition) is 3. The van der Waals surface area contributed by atoms with Gasteiger partial charge in [0.1, 0.15) is 11.6 Å². The van der Waals surface area contributed by atoms with E-state index < -0.39 is 0 Å². The van der Waals surface area contributed by atoms with Gasteiger partial charge in [0.05, 0.1) is 28.4 Å². The molecule has 0 saturated carbocycles. The molecule has 1 unspecified atom stereocenters. The molecule has 1 aliphatic rings. The molecule has 1 aliphatic heterocycles. The van der Waals surface area contributed by atoms with E-state index in [9.17, 15) is 4.39 Å². The van der Waals surface area contributed by atoms with Gasteiger partial charge in [-0.15, -0.1) is 0 Å².